The number of carbonyl (C=O) groups is 3. The third-order valence-electron chi connectivity index (χ3n) is 14.1. The third-order valence-corrected chi connectivity index (χ3v) is 14.1. The van der Waals surface area contributed by atoms with Gasteiger partial charge in [0.05, 0.1) is 0 Å². The highest BCUT2D eigenvalue weighted by molar-refractivity contribution is 5.71. The standard InChI is InChI=1S/C71H122O6/c1-4-7-10-13-16-19-22-25-28-31-32-33-34-35-36-37-38-41-43-46-49-52-55-58-61-64-70(73)76-67-68(77-71(74)65-62-59-56-53-50-47-44-40-30-27-24-21-18-15-12-9-6-3)66-75-69(72)63-60-57-54-51-48-45-42-39-29-26-23-20-17-14-11-8-5-2/h9,12,18,21-22,25,27,30-32,34-35,44,47,53,56,68H,4-8,10-11,13-17,19-20,23-24,26,28-29,33,36-43,45-46,48-52,54-55,57-67H2,1-3H3/b12-9-,21-18-,25-22-,30-27-,32-31-,35-34-,47-44-,56-53-. The normalized spacial score (nSPS) is 12.7. The fraction of sp³-hybridized carbons (Fsp3) is 0.732. The topological polar surface area (TPSA) is 78.9 Å². The number of ether oxygens (including phenoxy) is 3. The van der Waals surface area contributed by atoms with Crippen molar-refractivity contribution in [1.29, 1.82) is 0 Å². The summed E-state index contributed by atoms with van der Waals surface area (Å²) in [4.78, 5) is 38.3. The SMILES string of the molecule is CC/C=C\C/C=C\C/C=C\C/C=C\C/C=C\CCCC(=O)OC(COC(=O)CCCCCCCCCCCC/C=C\C/C=C\C/C=C\CCCCCCC)COC(=O)CCCCCCCCCCCCCCCCCCC. The highest BCUT2D eigenvalue weighted by Crippen LogP contribution is 2.16. The van der Waals surface area contributed by atoms with Crippen LogP contribution in [-0.2, 0) is 28.6 Å². The van der Waals surface area contributed by atoms with E-state index in [1.54, 1.807) is 0 Å². The van der Waals surface area contributed by atoms with E-state index in [2.05, 4.69) is 118 Å². The second kappa shape index (κ2) is 64.9. The first-order valence-electron chi connectivity index (χ1n) is 32.7. The molecular formula is C71H122O6. The summed E-state index contributed by atoms with van der Waals surface area (Å²) in [5, 5.41) is 0. The van der Waals surface area contributed by atoms with Crippen molar-refractivity contribution in [1.82, 2.24) is 0 Å². The van der Waals surface area contributed by atoms with Crippen molar-refractivity contribution >= 4 is 17.9 Å². The molecule has 0 saturated heterocycles. The van der Waals surface area contributed by atoms with Crippen molar-refractivity contribution < 1.29 is 28.6 Å². The summed E-state index contributed by atoms with van der Waals surface area (Å²) in [5.41, 5.74) is 0. The van der Waals surface area contributed by atoms with Gasteiger partial charge < -0.3 is 14.2 Å². The fourth-order valence-electron chi connectivity index (χ4n) is 9.19. The highest BCUT2D eigenvalue weighted by atomic mass is 16.6. The Morgan fingerprint density at radius 3 is 0.831 bits per heavy atom. The molecular weight excluding hydrogens is 949 g/mol. The van der Waals surface area contributed by atoms with E-state index in [1.807, 2.05) is 0 Å². The number of carbonyl (C=O) groups excluding carboxylic acids is 3. The van der Waals surface area contributed by atoms with Crippen LogP contribution in [0.3, 0.4) is 0 Å². The third kappa shape index (κ3) is 63.0. The van der Waals surface area contributed by atoms with E-state index < -0.39 is 6.10 Å². The first kappa shape index (κ1) is 73.3. The average molecular weight is 1070 g/mol. The Morgan fingerprint density at radius 2 is 0.519 bits per heavy atom. The molecule has 0 amide bonds. The number of allylic oxidation sites excluding steroid dienone is 16. The second-order valence-electron chi connectivity index (χ2n) is 21.6. The largest absolute Gasteiger partial charge is 0.462 e. The lowest BCUT2D eigenvalue weighted by atomic mass is 10.0. The number of hydrogen-bond acceptors (Lipinski definition) is 6. The smallest absolute Gasteiger partial charge is 0.306 e. The summed E-state index contributed by atoms with van der Waals surface area (Å²) in [6.07, 6.45) is 87.1. The molecule has 0 spiro atoms. The molecule has 6 nitrogen and oxygen atoms in total. The Bertz CT molecular complexity index is 1510. The van der Waals surface area contributed by atoms with Crippen molar-refractivity contribution in [3.05, 3.63) is 97.2 Å². The molecule has 1 atom stereocenters. The Kier molecular flexibility index (Phi) is 61.8. The van der Waals surface area contributed by atoms with Gasteiger partial charge in [-0.25, -0.2) is 0 Å². The van der Waals surface area contributed by atoms with Crippen LogP contribution in [0.4, 0.5) is 0 Å². The predicted octanol–water partition coefficient (Wildman–Crippen LogP) is 22.4. The maximum absolute atomic E-state index is 12.9. The molecule has 0 N–H and O–H groups in total. The van der Waals surface area contributed by atoms with Crippen molar-refractivity contribution in [3.63, 3.8) is 0 Å². The van der Waals surface area contributed by atoms with Crippen LogP contribution in [-0.4, -0.2) is 37.2 Å². The van der Waals surface area contributed by atoms with Gasteiger partial charge in [0.2, 0.25) is 0 Å². The van der Waals surface area contributed by atoms with E-state index in [-0.39, 0.29) is 37.5 Å². The van der Waals surface area contributed by atoms with E-state index in [0.29, 0.717) is 19.3 Å². The number of rotatable bonds is 59. The molecule has 0 aromatic rings. The average Bonchev–Trinajstić information content (AvgIpc) is 3.43. The van der Waals surface area contributed by atoms with Crippen molar-refractivity contribution in [2.45, 2.75) is 322 Å². The van der Waals surface area contributed by atoms with Crippen LogP contribution < -0.4 is 0 Å². The maximum Gasteiger partial charge on any atom is 0.306 e. The number of unbranched alkanes of at least 4 members (excludes halogenated alkanes) is 32. The van der Waals surface area contributed by atoms with E-state index in [1.165, 1.54) is 180 Å². The predicted molar refractivity (Wildman–Crippen MR) is 334 cm³/mol. The van der Waals surface area contributed by atoms with Gasteiger partial charge in [-0.05, 0) is 96.3 Å². The molecule has 0 aliphatic carbocycles. The van der Waals surface area contributed by atoms with Crippen molar-refractivity contribution in [2.24, 2.45) is 0 Å². The van der Waals surface area contributed by atoms with Gasteiger partial charge in [-0.1, -0.05) is 298 Å². The zero-order valence-electron chi connectivity index (χ0n) is 50.7. The molecule has 0 fully saturated rings. The summed E-state index contributed by atoms with van der Waals surface area (Å²) < 4.78 is 16.9. The molecule has 442 valence electrons. The fourth-order valence-corrected chi connectivity index (χ4v) is 9.19. The molecule has 0 aliphatic heterocycles. The highest BCUT2D eigenvalue weighted by Gasteiger charge is 2.19. The van der Waals surface area contributed by atoms with Crippen LogP contribution in [0.25, 0.3) is 0 Å². The first-order valence-corrected chi connectivity index (χ1v) is 32.7. The van der Waals surface area contributed by atoms with Gasteiger partial charge in [-0.15, -0.1) is 0 Å². The Hall–Kier alpha value is -3.67. The van der Waals surface area contributed by atoms with E-state index in [4.69, 9.17) is 14.2 Å². The van der Waals surface area contributed by atoms with Crippen molar-refractivity contribution in [2.75, 3.05) is 13.2 Å². The van der Waals surface area contributed by atoms with Gasteiger partial charge in [0, 0.05) is 19.3 Å². The lowest BCUT2D eigenvalue weighted by Crippen LogP contribution is -2.30. The zero-order chi connectivity index (χ0) is 55.7. The van der Waals surface area contributed by atoms with Gasteiger partial charge in [0.25, 0.3) is 0 Å². The van der Waals surface area contributed by atoms with Crippen LogP contribution >= 0.6 is 0 Å². The first-order chi connectivity index (χ1) is 38.0. The minimum absolute atomic E-state index is 0.0989. The van der Waals surface area contributed by atoms with Crippen LogP contribution in [0.2, 0.25) is 0 Å². The Balaban J connectivity index is 4.40. The molecule has 1 unspecified atom stereocenters. The van der Waals surface area contributed by atoms with Gasteiger partial charge >= 0.3 is 17.9 Å². The van der Waals surface area contributed by atoms with Gasteiger partial charge in [-0.2, -0.15) is 0 Å². The molecule has 0 heterocycles. The van der Waals surface area contributed by atoms with E-state index >= 15 is 0 Å². The molecule has 0 aliphatic rings. The summed E-state index contributed by atoms with van der Waals surface area (Å²) in [6, 6.07) is 0. The molecule has 77 heavy (non-hydrogen) atoms. The zero-order valence-corrected chi connectivity index (χ0v) is 50.7. The molecule has 0 rings (SSSR count). The Morgan fingerprint density at radius 1 is 0.273 bits per heavy atom. The molecule has 0 aromatic heterocycles. The molecule has 0 bridgehead atoms. The maximum atomic E-state index is 12.9. The van der Waals surface area contributed by atoms with Crippen LogP contribution in [0.1, 0.15) is 316 Å². The monoisotopic (exact) mass is 1070 g/mol. The van der Waals surface area contributed by atoms with Crippen molar-refractivity contribution in [3.8, 4) is 0 Å². The lowest BCUT2D eigenvalue weighted by Gasteiger charge is -2.18. The number of esters is 3. The molecule has 6 heteroatoms. The minimum Gasteiger partial charge on any atom is -0.462 e. The van der Waals surface area contributed by atoms with E-state index in [9.17, 15) is 14.4 Å². The quantitative estimate of drug-likeness (QED) is 0.0261. The number of hydrogen-bond donors (Lipinski definition) is 0. The minimum atomic E-state index is -0.810. The summed E-state index contributed by atoms with van der Waals surface area (Å²) in [7, 11) is 0. The van der Waals surface area contributed by atoms with Gasteiger partial charge in [0.1, 0.15) is 13.2 Å². The van der Waals surface area contributed by atoms with Crippen LogP contribution in [0, 0.1) is 0 Å². The Labute approximate surface area is 477 Å². The second-order valence-corrected chi connectivity index (χ2v) is 21.6. The summed E-state index contributed by atoms with van der Waals surface area (Å²) >= 11 is 0. The van der Waals surface area contributed by atoms with Crippen LogP contribution in [0.15, 0.2) is 97.2 Å². The van der Waals surface area contributed by atoms with Gasteiger partial charge in [0.15, 0.2) is 6.10 Å². The van der Waals surface area contributed by atoms with Crippen LogP contribution in [0.5, 0.6) is 0 Å². The molecule has 0 aromatic carbocycles. The van der Waals surface area contributed by atoms with E-state index in [0.717, 1.165) is 89.9 Å². The van der Waals surface area contributed by atoms with Gasteiger partial charge in [-0.3, -0.25) is 14.4 Å². The summed E-state index contributed by atoms with van der Waals surface area (Å²) in [5.74, 6) is -0.950. The lowest BCUT2D eigenvalue weighted by molar-refractivity contribution is -0.167. The summed E-state index contributed by atoms with van der Waals surface area (Å²) in [6.45, 7) is 6.50. The molecule has 0 radical (unpaired) electrons. The molecule has 0 saturated carbocycles.